The lowest BCUT2D eigenvalue weighted by atomic mass is 10.0. The Balaban J connectivity index is 3.12. The van der Waals surface area contributed by atoms with Crippen molar-refractivity contribution in [1.82, 2.24) is 0 Å². The van der Waals surface area contributed by atoms with Gasteiger partial charge in [0, 0.05) is 5.56 Å². The van der Waals surface area contributed by atoms with Gasteiger partial charge in [0.25, 0.3) is 0 Å². The van der Waals surface area contributed by atoms with Crippen LogP contribution in [0.3, 0.4) is 0 Å². The fraction of sp³-hybridized carbons (Fsp3) is 0.417. The summed E-state index contributed by atoms with van der Waals surface area (Å²) in [5.74, 6) is 0.0556. The van der Waals surface area contributed by atoms with Gasteiger partial charge in [-0.1, -0.05) is 28.9 Å². The summed E-state index contributed by atoms with van der Waals surface area (Å²) in [5, 5.41) is 9.08. The molecule has 1 unspecified atom stereocenters. The van der Waals surface area contributed by atoms with Gasteiger partial charge in [-0.3, -0.25) is 4.79 Å². The molecule has 0 radical (unpaired) electrons. The number of carbonyl (C=O) groups is 1. The van der Waals surface area contributed by atoms with Gasteiger partial charge in [-0.15, -0.1) is 0 Å². The number of ketones is 1. The van der Waals surface area contributed by atoms with Gasteiger partial charge in [0.15, 0.2) is 5.78 Å². The molecule has 0 saturated heterocycles. The predicted octanol–water partition coefficient (Wildman–Crippen LogP) is 2.71. The van der Waals surface area contributed by atoms with Crippen molar-refractivity contribution in [2.75, 3.05) is 0 Å². The quantitative estimate of drug-likeness (QED) is 0.675. The van der Waals surface area contributed by atoms with Gasteiger partial charge in [-0.25, -0.2) is 0 Å². The van der Waals surface area contributed by atoms with Crippen LogP contribution in [0.15, 0.2) is 18.2 Å². The normalized spacial score (nSPS) is 12.5. The molecule has 0 aromatic heterocycles. The molecule has 3 heteroatoms. The van der Waals surface area contributed by atoms with E-state index in [1.807, 2.05) is 19.1 Å². The lowest BCUT2D eigenvalue weighted by Gasteiger charge is -2.07. The van der Waals surface area contributed by atoms with Gasteiger partial charge in [-0.05, 0) is 36.6 Å². The van der Waals surface area contributed by atoms with E-state index in [0.717, 1.165) is 17.5 Å². The minimum absolute atomic E-state index is 0.0230. The molecule has 0 spiro atoms. The van der Waals surface area contributed by atoms with E-state index >= 15 is 0 Å². The van der Waals surface area contributed by atoms with Gasteiger partial charge >= 0.3 is 0 Å². The smallest absolute Gasteiger partial charge is 0.176 e. The third-order valence-electron chi connectivity index (χ3n) is 2.29. The number of aliphatic hydroxyl groups excluding tert-OH is 1. The van der Waals surface area contributed by atoms with Crippen molar-refractivity contribution in [2.45, 2.75) is 31.7 Å². The van der Waals surface area contributed by atoms with E-state index in [1.54, 1.807) is 13.0 Å². The van der Waals surface area contributed by atoms with E-state index in [0.29, 0.717) is 5.56 Å². The first-order chi connectivity index (χ1) is 7.08. The zero-order valence-corrected chi connectivity index (χ0v) is 10.5. The van der Waals surface area contributed by atoms with Crippen LogP contribution in [0.4, 0.5) is 0 Å². The number of rotatable bonds is 4. The molecule has 0 fully saturated rings. The highest BCUT2D eigenvalue weighted by Crippen LogP contribution is 2.15. The van der Waals surface area contributed by atoms with E-state index in [-0.39, 0.29) is 17.2 Å². The van der Waals surface area contributed by atoms with Gasteiger partial charge in [0.1, 0.15) is 0 Å². The summed E-state index contributed by atoms with van der Waals surface area (Å²) in [7, 11) is 0. The minimum Gasteiger partial charge on any atom is -0.392 e. The summed E-state index contributed by atoms with van der Waals surface area (Å²) >= 11 is 3.26. The number of hydrogen-bond acceptors (Lipinski definition) is 2. The maximum Gasteiger partial charge on any atom is 0.176 e. The Morgan fingerprint density at radius 1 is 1.40 bits per heavy atom. The van der Waals surface area contributed by atoms with Crippen LogP contribution in [0.5, 0.6) is 0 Å². The van der Waals surface area contributed by atoms with E-state index in [1.165, 1.54) is 0 Å². The Labute approximate surface area is 98.4 Å². The van der Waals surface area contributed by atoms with Crippen LogP contribution in [0, 0.1) is 0 Å². The number of halogens is 1. The number of alkyl halides is 1. The molecule has 0 bridgehead atoms. The second-order valence-corrected chi connectivity index (χ2v) is 4.90. The Morgan fingerprint density at radius 3 is 2.47 bits per heavy atom. The lowest BCUT2D eigenvalue weighted by Crippen LogP contribution is -2.11. The highest BCUT2D eigenvalue weighted by molar-refractivity contribution is 9.10. The van der Waals surface area contributed by atoms with Crippen LogP contribution in [-0.4, -0.2) is 15.7 Å². The molecule has 2 nitrogen and oxygen atoms in total. The molecule has 1 aromatic rings. The summed E-state index contributed by atoms with van der Waals surface area (Å²) in [6.45, 7) is 3.81. The van der Waals surface area contributed by atoms with Crippen LogP contribution in [0.1, 0.15) is 35.3 Å². The van der Waals surface area contributed by atoms with Crippen molar-refractivity contribution in [3.8, 4) is 0 Å². The van der Waals surface area contributed by atoms with Gasteiger partial charge < -0.3 is 5.11 Å². The second kappa shape index (κ2) is 5.42. The third-order valence-corrected chi connectivity index (χ3v) is 2.71. The second-order valence-electron chi connectivity index (χ2n) is 3.53. The van der Waals surface area contributed by atoms with Crippen LogP contribution in [0.2, 0.25) is 0 Å². The summed E-state index contributed by atoms with van der Waals surface area (Å²) in [4.78, 5) is 11.6. The molecule has 0 aliphatic rings. The Kier molecular flexibility index (Phi) is 4.48. The first-order valence-corrected chi connectivity index (χ1v) is 5.92. The van der Waals surface area contributed by atoms with E-state index in [2.05, 4.69) is 15.9 Å². The van der Waals surface area contributed by atoms with Crippen LogP contribution < -0.4 is 0 Å². The van der Waals surface area contributed by atoms with Crippen LogP contribution in [0.25, 0.3) is 0 Å². The molecule has 15 heavy (non-hydrogen) atoms. The van der Waals surface area contributed by atoms with Gasteiger partial charge in [0.05, 0.1) is 11.4 Å². The van der Waals surface area contributed by atoms with Crippen molar-refractivity contribution in [2.24, 2.45) is 0 Å². The summed E-state index contributed by atoms with van der Waals surface area (Å²) < 4.78 is 0. The number of benzene rings is 1. The highest BCUT2D eigenvalue weighted by Gasteiger charge is 2.13. The molecule has 1 rings (SSSR count). The number of hydrogen-bond donors (Lipinski definition) is 1. The topological polar surface area (TPSA) is 37.3 Å². The molecule has 0 amide bonds. The molecule has 82 valence electrons. The summed E-state index contributed by atoms with van der Waals surface area (Å²) in [6, 6.07) is 5.56. The van der Waals surface area contributed by atoms with Crippen LogP contribution in [-0.2, 0) is 13.0 Å². The highest BCUT2D eigenvalue weighted by atomic mass is 79.9. The molecular formula is C12H15BrO2. The summed E-state index contributed by atoms with van der Waals surface area (Å²) in [5.41, 5.74) is 2.55. The van der Waals surface area contributed by atoms with Gasteiger partial charge in [0.2, 0.25) is 0 Å². The van der Waals surface area contributed by atoms with Crippen molar-refractivity contribution in [3.05, 3.63) is 34.9 Å². The average molecular weight is 271 g/mol. The first kappa shape index (κ1) is 12.4. The predicted molar refractivity (Wildman–Crippen MR) is 64.5 cm³/mol. The minimum atomic E-state index is -0.184. The van der Waals surface area contributed by atoms with Crippen molar-refractivity contribution in [3.63, 3.8) is 0 Å². The zero-order chi connectivity index (χ0) is 11.4. The fourth-order valence-electron chi connectivity index (χ4n) is 1.43. The molecule has 0 aliphatic carbocycles. The third kappa shape index (κ3) is 3.14. The molecule has 0 heterocycles. The Bertz CT molecular complexity index is 336. The molecular weight excluding hydrogens is 256 g/mol. The zero-order valence-electron chi connectivity index (χ0n) is 8.96. The maximum atomic E-state index is 11.8. The maximum absolute atomic E-state index is 11.8. The first-order valence-electron chi connectivity index (χ1n) is 5.00. The molecule has 1 N–H and O–H groups in total. The van der Waals surface area contributed by atoms with Crippen molar-refractivity contribution in [1.29, 1.82) is 0 Å². The average Bonchev–Trinajstić information content (AvgIpc) is 2.27. The van der Waals surface area contributed by atoms with Crippen molar-refractivity contribution < 1.29 is 9.90 Å². The Hall–Kier alpha value is -0.670. The van der Waals surface area contributed by atoms with Crippen LogP contribution >= 0.6 is 15.9 Å². The summed E-state index contributed by atoms with van der Waals surface area (Å²) in [6.07, 6.45) is 0.866. The molecule has 1 atom stereocenters. The van der Waals surface area contributed by atoms with E-state index in [9.17, 15) is 4.79 Å². The lowest BCUT2D eigenvalue weighted by molar-refractivity contribution is 0.0995. The largest absolute Gasteiger partial charge is 0.392 e. The number of Topliss-reactive ketones (excluding diaryl/α,β-unsaturated/α-hetero) is 1. The molecule has 1 aromatic carbocycles. The Morgan fingerprint density at radius 2 is 2.00 bits per heavy atom. The molecule has 0 saturated carbocycles. The van der Waals surface area contributed by atoms with E-state index < -0.39 is 0 Å². The fourth-order valence-corrected chi connectivity index (χ4v) is 1.69. The van der Waals surface area contributed by atoms with Crippen molar-refractivity contribution >= 4 is 21.7 Å². The van der Waals surface area contributed by atoms with E-state index in [4.69, 9.17) is 5.11 Å². The molecule has 0 aliphatic heterocycles. The number of aryl methyl sites for hydroxylation is 1. The monoisotopic (exact) mass is 270 g/mol. The standard InChI is InChI=1S/C12H15BrO2/c1-3-9-4-10(7-14)6-11(5-9)12(15)8(2)13/h4-6,8,14H,3,7H2,1-2H3. The number of carbonyl (C=O) groups excluding carboxylic acids is 1. The number of aliphatic hydroxyl groups is 1. The SMILES string of the molecule is CCc1cc(CO)cc(C(=O)C(C)Br)c1. The van der Waals surface area contributed by atoms with Gasteiger partial charge in [-0.2, -0.15) is 0 Å².